The molecule has 0 radical (unpaired) electrons. The van der Waals surface area contributed by atoms with Gasteiger partial charge < -0.3 is 4.40 Å². The number of rotatable bonds is 2. The maximum atomic E-state index is 10.1. The van der Waals surface area contributed by atoms with Crippen LogP contribution < -0.4 is 0 Å². The van der Waals surface area contributed by atoms with Crippen molar-refractivity contribution in [3.05, 3.63) is 138 Å². The van der Waals surface area contributed by atoms with E-state index in [1.54, 1.807) is 0 Å². The summed E-state index contributed by atoms with van der Waals surface area (Å²) in [5.74, 6) is 0. The lowest BCUT2D eigenvalue weighted by molar-refractivity contribution is 0.590. The molecule has 49 heavy (non-hydrogen) atoms. The van der Waals surface area contributed by atoms with Crippen molar-refractivity contribution in [2.45, 2.75) is 52.4 Å². The zero-order chi connectivity index (χ0) is 33.8. The molecule has 2 heterocycles. The minimum Gasteiger partial charge on any atom is -0.308 e. The van der Waals surface area contributed by atoms with Crippen LogP contribution in [-0.4, -0.2) is 4.40 Å². The Morgan fingerprint density at radius 3 is 1.22 bits per heavy atom. The Bertz CT molecular complexity index is 2620. The predicted molar refractivity (Wildman–Crippen MR) is 209 cm³/mol. The zero-order valence-electron chi connectivity index (χ0n) is 28.9. The second-order valence-electron chi connectivity index (χ2n) is 15.9. The third-order valence-corrected chi connectivity index (χ3v) is 10.6. The standard InChI is InChI=1S/C47H38N2/c1-46(2,3)37-15-11-29(12-16-37)31-7-9-33-23-39-41-19-28(27-48)20-42-40-24-34-10-8-32(30-13-17-38(18-14-30)47(4,5)6)22-36(34)26-44(40)49(45(41)42)43(39)25-35(33)21-31/h7-26H,1-6H3. The first-order valence-electron chi connectivity index (χ1n) is 17.2. The van der Waals surface area contributed by atoms with Gasteiger partial charge in [0.2, 0.25) is 0 Å². The van der Waals surface area contributed by atoms with Gasteiger partial charge in [-0.15, -0.1) is 0 Å². The molecule has 0 atom stereocenters. The maximum absolute atomic E-state index is 10.1. The Morgan fingerprint density at radius 1 is 0.429 bits per heavy atom. The molecule has 2 nitrogen and oxygen atoms in total. The normalized spacial score (nSPS) is 12.7. The van der Waals surface area contributed by atoms with Crippen LogP contribution in [0.4, 0.5) is 0 Å². The van der Waals surface area contributed by atoms with E-state index in [0.717, 1.165) is 10.8 Å². The van der Waals surface area contributed by atoms with Gasteiger partial charge in [0.1, 0.15) is 0 Å². The van der Waals surface area contributed by atoms with Crippen molar-refractivity contribution in [3.8, 4) is 28.3 Å². The lowest BCUT2D eigenvalue weighted by Gasteiger charge is -2.19. The van der Waals surface area contributed by atoms with Crippen molar-refractivity contribution >= 4 is 59.6 Å². The minimum absolute atomic E-state index is 0.123. The summed E-state index contributed by atoms with van der Waals surface area (Å²) in [6.45, 7) is 13.5. The molecule has 0 bridgehead atoms. The van der Waals surface area contributed by atoms with E-state index in [4.69, 9.17) is 0 Å². The van der Waals surface area contributed by atoms with Crippen LogP contribution in [0.2, 0.25) is 0 Å². The summed E-state index contributed by atoms with van der Waals surface area (Å²) in [6, 6.07) is 47.5. The molecular weight excluding hydrogens is 593 g/mol. The van der Waals surface area contributed by atoms with E-state index < -0.39 is 0 Å². The van der Waals surface area contributed by atoms with Crippen LogP contribution in [0.5, 0.6) is 0 Å². The zero-order valence-corrected chi connectivity index (χ0v) is 28.9. The number of nitrogens with zero attached hydrogens (tertiary/aromatic N) is 2. The fraction of sp³-hybridized carbons (Fsp3) is 0.170. The van der Waals surface area contributed by atoms with E-state index in [-0.39, 0.29) is 10.8 Å². The first-order valence-corrected chi connectivity index (χ1v) is 17.2. The molecule has 0 amide bonds. The molecule has 0 saturated carbocycles. The Balaban J connectivity index is 1.26. The van der Waals surface area contributed by atoms with E-state index in [9.17, 15) is 5.26 Å². The largest absolute Gasteiger partial charge is 0.308 e. The highest BCUT2D eigenvalue weighted by Crippen LogP contribution is 2.43. The summed E-state index contributed by atoms with van der Waals surface area (Å²) in [4.78, 5) is 0. The van der Waals surface area contributed by atoms with Crippen molar-refractivity contribution in [3.63, 3.8) is 0 Å². The van der Waals surface area contributed by atoms with E-state index in [1.165, 1.54) is 82.2 Å². The molecule has 0 aliphatic rings. The van der Waals surface area contributed by atoms with Crippen molar-refractivity contribution in [2.75, 3.05) is 0 Å². The minimum atomic E-state index is 0.123. The highest BCUT2D eigenvalue weighted by molar-refractivity contribution is 6.26. The Kier molecular flexibility index (Phi) is 6.12. The molecule has 0 unspecified atom stereocenters. The molecule has 7 aromatic carbocycles. The van der Waals surface area contributed by atoms with Gasteiger partial charge in [-0.2, -0.15) is 5.26 Å². The Morgan fingerprint density at radius 2 is 0.837 bits per heavy atom. The molecular formula is C47H38N2. The number of nitriles is 1. The van der Waals surface area contributed by atoms with Crippen LogP contribution in [0.1, 0.15) is 58.2 Å². The maximum Gasteiger partial charge on any atom is 0.0992 e. The van der Waals surface area contributed by atoms with Crippen molar-refractivity contribution < 1.29 is 0 Å². The average molecular weight is 631 g/mol. The molecule has 0 fully saturated rings. The summed E-state index contributed by atoms with van der Waals surface area (Å²) in [5.41, 5.74) is 12.0. The van der Waals surface area contributed by atoms with E-state index >= 15 is 0 Å². The predicted octanol–water partition coefficient (Wildman–Crippen LogP) is 12.9. The highest BCUT2D eigenvalue weighted by atomic mass is 14.9. The molecule has 0 N–H and O–H groups in total. The van der Waals surface area contributed by atoms with Crippen LogP contribution >= 0.6 is 0 Å². The van der Waals surface area contributed by atoms with Crippen molar-refractivity contribution in [2.24, 2.45) is 0 Å². The fourth-order valence-electron chi connectivity index (χ4n) is 7.78. The molecule has 0 aliphatic carbocycles. The molecule has 9 aromatic rings. The molecule has 0 saturated heterocycles. The molecule has 2 heteroatoms. The number of aromatic nitrogens is 1. The van der Waals surface area contributed by atoms with Gasteiger partial charge in [-0.3, -0.25) is 0 Å². The van der Waals surface area contributed by atoms with E-state index in [1.807, 2.05) is 0 Å². The van der Waals surface area contributed by atoms with E-state index in [2.05, 4.69) is 173 Å². The topological polar surface area (TPSA) is 28.2 Å². The van der Waals surface area contributed by atoms with Crippen LogP contribution in [-0.2, 0) is 10.8 Å². The summed E-state index contributed by atoms with van der Waals surface area (Å²) < 4.78 is 2.44. The van der Waals surface area contributed by atoms with Crippen LogP contribution in [0.25, 0.3) is 81.9 Å². The van der Waals surface area contributed by atoms with Gasteiger partial charge in [-0.05, 0) is 114 Å². The molecule has 236 valence electrons. The number of benzene rings is 7. The van der Waals surface area contributed by atoms with Crippen LogP contribution in [0, 0.1) is 11.3 Å². The van der Waals surface area contributed by atoms with Gasteiger partial charge in [-0.1, -0.05) is 114 Å². The highest BCUT2D eigenvalue weighted by Gasteiger charge is 2.21. The van der Waals surface area contributed by atoms with Gasteiger partial charge in [-0.25, -0.2) is 0 Å². The number of hydrogen-bond donors (Lipinski definition) is 0. The van der Waals surface area contributed by atoms with Crippen molar-refractivity contribution in [1.29, 1.82) is 5.26 Å². The summed E-state index contributed by atoms with van der Waals surface area (Å²) in [6.07, 6.45) is 0. The van der Waals surface area contributed by atoms with Crippen LogP contribution in [0.3, 0.4) is 0 Å². The molecule has 0 aliphatic heterocycles. The monoisotopic (exact) mass is 630 g/mol. The summed E-state index contributed by atoms with van der Waals surface area (Å²) in [5, 5.41) is 19.5. The average Bonchev–Trinajstić information content (AvgIpc) is 3.58. The lowest BCUT2D eigenvalue weighted by atomic mass is 9.86. The number of fused-ring (bicyclic) bond motifs is 8. The van der Waals surface area contributed by atoms with Crippen LogP contribution in [0.15, 0.2) is 121 Å². The van der Waals surface area contributed by atoms with Gasteiger partial charge in [0, 0.05) is 21.5 Å². The first kappa shape index (κ1) is 29.5. The van der Waals surface area contributed by atoms with Gasteiger partial charge in [0.15, 0.2) is 0 Å². The van der Waals surface area contributed by atoms with E-state index in [0.29, 0.717) is 5.56 Å². The molecule has 0 spiro atoms. The van der Waals surface area contributed by atoms with Gasteiger partial charge in [0.25, 0.3) is 0 Å². The third-order valence-electron chi connectivity index (χ3n) is 10.6. The lowest BCUT2D eigenvalue weighted by Crippen LogP contribution is -2.10. The first-order chi connectivity index (χ1) is 23.5. The fourth-order valence-corrected chi connectivity index (χ4v) is 7.78. The SMILES string of the molecule is CC(C)(C)c1ccc(-c2ccc3cc4c5cc(C#N)cc6c7cc8ccc(-c9ccc(C(C)(C)C)cc9)cc8cc7n(c4cc3c2)c56)cc1. The third kappa shape index (κ3) is 4.61. The smallest absolute Gasteiger partial charge is 0.0992 e. The number of hydrogen-bond acceptors (Lipinski definition) is 1. The van der Waals surface area contributed by atoms with Crippen molar-refractivity contribution in [1.82, 2.24) is 4.40 Å². The Hall–Kier alpha value is -5.65. The quantitative estimate of drug-likeness (QED) is 0.187. The summed E-state index contributed by atoms with van der Waals surface area (Å²) in [7, 11) is 0. The van der Waals surface area contributed by atoms with Gasteiger partial charge >= 0.3 is 0 Å². The Labute approximate surface area is 287 Å². The molecule has 9 rings (SSSR count). The second kappa shape index (κ2) is 10.2. The second-order valence-corrected chi connectivity index (χ2v) is 15.9. The van der Waals surface area contributed by atoms with Gasteiger partial charge in [0.05, 0.1) is 28.2 Å². The molecule has 2 aromatic heterocycles. The summed E-state index contributed by atoms with van der Waals surface area (Å²) >= 11 is 0.